The predicted octanol–water partition coefficient (Wildman–Crippen LogP) is 1.97. The number of phenols is 1. The number of aliphatic hydroxyl groups is 2. The van der Waals surface area contributed by atoms with Gasteiger partial charge in [-0.2, -0.15) is 0 Å². The molecular weight excluding hydrogens is 290 g/mol. The molecule has 0 radical (unpaired) electrons. The third-order valence-electron chi connectivity index (χ3n) is 1.90. The van der Waals surface area contributed by atoms with E-state index in [1.807, 2.05) is 0 Å². The molecule has 0 bridgehead atoms. The SMILES string of the molecule is Oc1c(Cl)cc(F)cc1C(O)C(O)CBr. The smallest absolute Gasteiger partial charge is 0.140 e. The molecule has 2 unspecified atom stereocenters. The van der Waals surface area contributed by atoms with Crippen LogP contribution in [0, 0.1) is 5.82 Å². The van der Waals surface area contributed by atoms with Crippen LogP contribution in [0.3, 0.4) is 0 Å². The highest BCUT2D eigenvalue weighted by atomic mass is 79.9. The fourth-order valence-corrected chi connectivity index (χ4v) is 1.67. The Bertz CT molecular complexity index is 361. The fraction of sp³-hybridized carbons (Fsp3) is 0.333. The molecule has 0 saturated heterocycles. The zero-order valence-corrected chi connectivity index (χ0v) is 9.83. The Morgan fingerprint density at radius 3 is 2.53 bits per heavy atom. The second-order valence-electron chi connectivity index (χ2n) is 2.99. The molecule has 0 saturated carbocycles. The van der Waals surface area contributed by atoms with E-state index in [0.717, 1.165) is 12.1 Å². The van der Waals surface area contributed by atoms with E-state index in [1.165, 1.54) is 0 Å². The first-order valence-electron chi connectivity index (χ1n) is 4.07. The monoisotopic (exact) mass is 298 g/mol. The summed E-state index contributed by atoms with van der Waals surface area (Å²) < 4.78 is 12.9. The molecule has 0 aromatic heterocycles. The standard InChI is InChI=1S/C9H9BrClFO3/c10-3-7(13)9(15)5-1-4(12)2-6(11)8(5)14/h1-2,7,9,13-15H,3H2. The summed E-state index contributed by atoms with van der Waals surface area (Å²) in [6, 6.07) is 1.85. The van der Waals surface area contributed by atoms with E-state index in [9.17, 15) is 19.7 Å². The van der Waals surface area contributed by atoms with Crippen LogP contribution in [0.25, 0.3) is 0 Å². The molecule has 6 heteroatoms. The molecule has 1 aromatic carbocycles. The van der Waals surface area contributed by atoms with Gasteiger partial charge in [-0.3, -0.25) is 0 Å². The van der Waals surface area contributed by atoms with Crippen LogP contribution in [0.15, 0.2) is 12.1 Å². The second-order valence-corrected chi connectivity index (χ2v) is 4.05. The van der Waals surface area contributed by atoms with Gasteiger partial charge in [-0.1, -0.05) is 27.5 Å². The van der Waals surface area contributed by atoms with Crippen molar-refractivity contribution in [1.82, 2.24) is 0 Å². The molecule has 2 atom stereocenters. The van der Waals surface area contributed by atoms with Crippen molar-refractivity contribution >= 4 is 27.5 Å². The molecule has 0 aliphatic rings. The normalized spacial score (nSPS) is 15.0. The zero-order chi connectivity index (χ0) is 11.6. The van der Waals surface area contributed by atoms with E-state index in [0.29, 0.717) is 0 Å². The van der Waals surface area contributed by atoms with Gasteiger partial charge in [0.1, 0.15) is 17.7 Å². The topological polar surface area (TPSA) is 60.7 Å². The number of aliphatic hydroxyl groups excluding tert-OH is 2. The van der Waals surface area contributed by atoms with Crippen molar-refractivity contribution in [2.75, 3.05) is 5.33 Å². The van der Waals surface area contributed by atoms with Gasteiger partial charge in [0.05, 0.1) is 11.1 Å². The maximum Gasteiger partial charge on any atom is 0.140 e. The molecule has 1 rings (SSSR count). The predicted molar refractivity (Wildman–Crippen MR) is 57.8 cm³/mol. The quantitative estimate of drug-likeness (QED) is 0.748. The molecule has 0 amide bonds. The van der Waals surface area contributed by atoms with Crippen LogP contribution in [0.5, 0.6) is 5.75 Å². The minimum Gasteiger partial charge on any atom is -0.506 e. The van der Waals surface area contributed by atoms with Gasteiger partial charge in [0.15, 0.2) is 0 Å². The van der Waals surface area contributed by atoms with Crippen molar-refractivity contribution in [3.05, 3.63) is 28.5 Å². The lowest BCUT2D eigenvalue weighted by Crippen LogP contribution is -2.19. The number of aromatic hydroxyl groups is 1. The average molecular weight is 300 g/mol. The van der Waals surface area contributed by atoms with E-state index >= 15 is 0 Å². The lowest BCUT2D eigenvalue weighted by atomic mass is 10.0. The van der Waals surface area contributed by atoms with Gasteiger partial charge in [0.25, 0.3) is 0 Å². The van der Waals surface area contributed by atoms with Crippen LogP contribution in [0.4, 0.5) is 4.39 Å². The fourth-order valence-electron chi connectivity index (χ4n) is 1.10. The summed E-state index contributed by atoms with van der Waals surface area (Å²) >= 11 is 8.47. The van der Waals surface area contributed by atoms with Gasteiger partial charge in [-0.15, -0.1) is 0 Å². The first-order valence-corrected chi connectivity index (χ1v) is 5.57. The van der Waals surface area contributed by atoms with Gasteiger partial charge in [0, 0.05) is 10.9 Å². The Morgan fingerprint density at radius 1 is 1.40 bits per heavy atom. The van der Waals surface area contributed by atoms with E-state index in [2.05, 4.69) is 15.9 Å². The third kappa shape index (κ3) is 2.81. The summed E-state index contributed by atoms with van der Waals surface area (Å²) in [5.74, 6) is -1.11. The van der Waals surface area contributed by atoms with Gasteiger partial charge in [-0.25, -0.2) is 4.39 Å². The molecule has 3 N–H and O–H groups in total. The molecule has 0 spiro atoms. The molecule has 0 fully saturated rings. The summed E-state index contributed by atoms with van der Waals surface area (Å²) in [5.41, 5.74) is -0.132. The minimum absolute atomic E-state index is 0.0989. The largest absolute Gasteiger partial charge is 0.506 e. The molecule has 84 valence electrons. The summed E-state index contributed by atoms with van der Waals surface area (Å²) in [7, 11) is 0. The Labute approximate surface area is 99.2 Å². The molecule has 1 aromatic rings. The molecule has 0 heterocycles. The number of rotatable bonds is 3. The highest BCUT2D eigenvalue weighted by molar-refractivity contribution is 9.09. The van der Waals surface area contributed by atoms with Crippen molar-refractivity contribution in [1.29, 1.82) is 0 Å². The minimum atomic E-state index is -1.39. The highest BCUT2D eigenvalue weighted by Crippen LogP contribution is 2.34. The van der Waals surface area contributed by atoms with E-state index < -0.39 is 23.8 Å². The van der Waals surface area contributed by atoms with Crippen LogP contribution < -0.4 is 0 Å². The number of benzene rings is 1. The first-order chi connectivity index (χ1) is 6.97. The third-order valence-corrected chi connectivity index (χ3v) is 2.85. The number of alkyl halides is 1. The average Bonchev–Trinajstić information content (AvgIpc) is 2.21. The Morgan fingerprint density at radius 2 is 2.00 bits per heavy atom. The number of halogens is 3. The van der Waals surface area contributed by atoms with E-state index in [4.69, 9.17) is 11.6 Å². The van der Waals surface area contributed by atoms with E-state index in [-0.39, 0.29) is 15.9 Å². The maximum atomic E-state index is 12.9. The summed E-state index contributed by atoms with van der Waals surface area (Å²) in [6.07, 6.45) is -2.54. The van der Waals surface area contributed by atoms with Gasteiger partial charge in [0.2, 0.25) is 0 Å². The molecule has 0 aliphatic heterocycles. The summed E-state index contributed by atoms with van der Waals surface area (Å²) in [5, 5.41) is 28.2. The molecular formula is C9H9BrClFO3. The van der Waals surface area contributed by atoms with Crippen molar-refractivity contribution in [3.63, 3.8) is 0 Å². The maximum absolute atomic E-state index is 12.9. The second kappa shape index (κ2) is 5.12. The van der Waals surface area contributed by atoms with Crippen molar-refractivity contribution < 1.29 is 19.7 Å². The number of hydrogen-bond donors (Lipinski definition) is 3. The lowest BCUT2D eigenvalue weighted by Gasteiger charge is -2.17. The van der Waals surface area contributed by atoms with Crippen LogP contribution in [-0.4, -0.2) is 26.8 Å². The van der Waals surface area contributed by atoms with Gasteiger partial charge < -0.3 is 15.3 Å². The van der Waals surface area contributed by atoms with Crippen molar-refractivity contribution in [3.8, 4) is 5.75 Å². The Balaban J connectivity index is 3.13. The van der Waals surface area contributed by atoms with Gasteiger partial charge >= 0.3 is 0 Å². The highest BCUT2D eigenvalue weighted by Gasteiger charge is 2.22. The zero-order valence-electron chi connectivity index (χ0n) is 7.49. The Hall–Kier alpha value is -0.360. The van der Waals surface area contributed by atoms with Gasteiger partial charge in [-0.05, 0) is 12.1 Å². The molecule has 0 aliphatic carbocycles. The number of hydrogen-bond acceptors (Lipinski definition) is 3. The number of phenolic OH excluding ortho intramolecular Hbond substituents is 1. The van der Waals surface area contributed by atoms with Crippen LogP contribution >= 0.6 is 27.5 Å². The van der Waals surface area contributed by atoms with Crippen LogP contribution in [0.2, 0.25) is 5.02 Å². The first kappa shape index (κ1) is 12.7. The lowest BCUT2D eigenvalue weighted by molar-refractivity contribution is 0.0326. The van der Waals surface area contributed by atoms with Crippen molar-refractivity contribution in [2.45, 2.75) is 12.2 Å². The summed E-state index contributed by atoms with van der Waals surface area (Å²) in [4.78, 5) is 0. The summed E-state index contributed by atoms with van der Waals surface area (Å²) in [6.45, 7) is 0. The van der Waals surface area contributed by atoms with Crippen LogP contribution in [0.1, 0.15) is 11.7 Å². The van der Waals surface area contributed by atoms with Crippen LogP contribution in [-0.2, 0) is 0 Å². The molecule has 15 heavy (non-hydrogen) atoms. The molecule has 3 nitrogen and oxygen atoms in total. The van der Waals surface area contributed by atoms with E-state index in [1.54, 1.807) is 0 Å². The Kier molecular flexibility index (Phi) is 4.33. The van der Waals surface area contributed by atoms with Crippen molar-refractivity contribution in [2.24, 2.45) is 0 Å².